The summed E-state index contributed by atoms with van der Waals surface area (Å²) < 4.78 is 21.8. The van der Waals surface area contributed by atoms with Gasteiger partial charge in [-0.15, -0.1) is 0 Å². The van der Waals surface area contributed by atoms with E-state index in [2.05, 4.69) is 0 Å². The lowest BCUT2D eigenvalue weighted by Gasteiger charge is -2.14. The Morgan fingerprint density at radius 1 is 0.955 bits per heavy atom. The third kappa shape index (κ3) is 2.24. The Bertz CT molecular complexity index is 736. The second-order valence-corrected chi connectivity index (χ2v) is 4.85. The van der Waals surface area contributed by atoms with Gasteiger partial charge < -0.3 is 18.9 Å². The van der Waals surface area contributed by atoms with Gasteiger partial charge in [0.2, 0.25) is 0 Å². The normalized spacial score (nSPS) is 12.6. The van der Waals surface area contributed by atoms with Gasteiger partial charge in [-0.25, -0.2) is 0 Å². The maximum Gasteiger partial charge on any atom is 0.180 e. The summed E-state index contributed by atoms with van der Waals surface area (Å²) in [7, 11) is 4.66. The minimum Gasteiger partial charge on any atom is -0.493 e. The highest BCUT2D eigenvalue weighted by molar-refractivity contribution is 6.02. The van der Waals surface area contributed by atoms with Crippen LogP contribution in [0.1, 0.15) is 15.9 Å². The summed E-state index contributed by atoms with van der Waals surface area (Å²) in [4.78, 5) is 12.5. The summed E-state index contributed by atoms with van der Waals surface area (Å²) in [6.45, 7) is 0. The SMILES string of the molecule is COc1cc2c(cc1OC)Oc1c(OC)cccc1C(=O)C2. The summed E-state index contributed by atoms with van der Waals surface area (Å²) in [6, 6.07) is 8.77. The van der Waals surface area contributed by atoms with Crippen LogP contribution in [0.5, 0.6) is 28.7 Å². The molecule has 0 spiro atoms. The molecule has 2 aromatic carbocycles. The lowest BCUT2D eigenvalue weighted by Crippen LogP contribution is -2.02. The molecule has 3 rings (SSSR count). The number of methoxy groups -OCH3 is 3. The quantitative estimate of drug-likeness (QED) is 0.871. The van der Waals surface area contributed by atoms with Crippen molar-refractivity contribution in [1.29, 1.82) is 0 Å². The Hall–Kier alpha value is -2.69. The zero-order valence-corrected chi connectivity index (χ0v) is 12.6. The van der Waals surface area contributed by atoms with Gasteiger partial charge in [-0.2, -0.15) is 0 Å². The predicted octanol–water partition coefficient (Wildman–Crippen LogP) is 3.24. The fraction of sp³-hybridized carbons (Fsp3) is 0.235. The van der Waals surface area contributed by atoms with E-state index in [9.17, 15) is 4.79 Å². The number of fused-ring (bicyclic) bond motifs is 2. The summed E-state index contributed by atoms with van der Waals surface area (Å²) in [5, 5.41) is 0. The number of benzene rings is 2. The molecule has 0 aromatic heterocycles. The van der Waals surface area contributed by atoms with Crippen LogP contribution in [0.3, 0.4) is 0 Å². The number of hydrogen-bond donors (Lipinski definition) is 0. The van der Waals surface area contributed by atoms with Crippen molar-refractivity contribution >= 4 is 5.78 Å². The molecule has 114 valence electrons. The summed E-state index contributed by atoms with van der Waals surface area (Å²) >= 11 is 0. The number of ether oxygens (including phenoxy) is 4. The molecule has 0 saturated carbocycles. The molecule has 0 fully saturated rings. The molecule has 1 aliphatic heterocycles. The molecule has 0 amide bonds. The van der Waals surface area contributed by atoms with Crippen molar-refractivity contribution in [3.8, 4) is 28.7 Å². The fourth-order valence-corrected chi connectivity index (χ4v) is 2.52. The van der Waals surface area contributed by atoms with Crippen LogP contribution in [0.15, 0.2) is 30.3 Å². The van der Waals surface area contributed by atoms with Crippen LogP contribution in [-0.2, 0) is 6.42 Å². The van der Waals surface area contributed by atoms with Crippen LogP contribution < -0.4 is 18.9 Å². The highest BCUT2D eigenvalue weighted by atomic mass is 16.5. The first-order valence-electron chi connectivity index (χ1n) is 6.81. The molecule has 1 aliphatic rings. The van der Waals surface area contributed by atoms with Gasteiger partial charge in [0, 0.05) is 18.1 Å². The maximum atomic E-state index is 12.5. The third-order valence-corrected chi connectivity index (χ3v) is 3.63. The molecule has 1 heterocycles. The van der Waals surface area contributed by atoms with Crippen LogP contribution in [-0.4, -0.2) is 27.1 Å². The van der Waals surface area contributed by atoms with Crippen molar-refractivity contribution in [2.24, 2.45) is 0 Å². The van der Waals surface area contributed by atoms with Crippen LogP contribution in [0, 0.1) is 0 Å². The van der Waals surface area contributed by atoms with E-state index in [0.29, 0.717) is 34.3 Å². The molecule has 0 aliphatic carbocycles. The van der Waals surface area contributed by atoms with Gasteiger partial charge in [-0.3, -0.25) is 4.79 Å². The summed E-state index contributed by atoms with van der Waals surface area (Å²) in [6.07, 6.45) is 0.232. The van der Waals surface area contributed by atoms with E-state index in [1.165, 1.54) is 0 Å². The Kier molecular flexibility index (Phi) is 3.63. The lowest BCUT2D eigenvalue weighted by molar-refractivity contribution is 0.0993. The molecule has 0 saturated heterocycles. The number of Topliss-reactive ketones (excluding diaryl/α,β-unsaturated/α-hetero) is 1. The van der Waals surface area contributed by atoms with Crippen molar-refractivity contribution in [2.75, 3.05) is 21.3 Å². The minimum atomic E-state index is -0.0279. The molecule has 0 N–H and O–H groups in total. The summed E-state index contributed by atoms with van der Waals surface area (Å²) in [5.41, 5.74) is 1.26. The smallest absolute Gasteiger partial charge is 0.180 e. The number of ketones is 1. The fourth-order valence-electron chi connectivity index (χ4n) is 2.52. The van der Waals surface area contributed by atoms with Crippen LogP contribution >= 0.6 is 0 Å². The zero-order valence-electron chi connectivity index (χ0n) is 12.6. The van der Waals surface area contributed by atoms with Crippen molar-refractivity contribution in [1.82, 2.24) is 0 Å². The Labute approximate surface area is 128 Å². The molecule has 0 bridgehead atoms. The average Bonchev–Trinajstić information content (AvgIpc) is 2.68. The first kappa shape index (κ1) is 14.3. The largest absolute Gasteiger partial charge is 0.493 e. The van der Waals surface area contributed by atoms with E-state index in [1.54, 1.807) is 51.7 Å². The number of carbonyl (C=O) groups is 1. The molecule has 5 heteroatoms. The van der Waals surface area contributed by atoms with Gasteiger partial charge in [-0.1, -0.05) is 6.07 Å². The van der Waals surface area contributed by atoms with Crippen molar-refractivity contribution in [2.45, 2.75) is 6.42 Å². The standard InChI is InChI=1S/C17H16O5/c1-19-13-6-4-5-11-12(18)7-10-8-15(20-2)16(21-3)9-14(10)22-17(11)13/h4-6,8-9H,7H2,1-3H3. The molecule has 5 nitrogen and oxygen atoms in total. The van der Waals surface area contributed by atoms with Gasteiger partial charge in [0.25, 0.3) is 0 Å². The molecule has 2 aromatic rings. The van der Waals surface area contributed by atoms with E-state index in [4.69, 9.17) is 18.9 Å². The van der Waals surface area contributed by atoms with E-state index >= 15 is 0 Å². The lowest BCUT2D eigenvalue weighted by atomic mass is 10.0. The van der Waals surface area contributed by atoms with E-state index < -0.39 is 0 Å². The molecule has 22 heavy (non-hydrogen) atoms. The van der Waals surface area contributed by atoms with E-state index in [0.717, 1.165) is 5.56 Å². The number of hydrogen-bond acceptors (Lipinski definition) is 5. The predicted molar refractivity (Wildman–Crippen MR) is 80.6 cm³/mol. The molecular formula is C17H16O5. The Morgan fingerprint density at radius 3 is 2.32 bits per heavy atom. The van der Waals surface area contributed by atoms with Crippen molar-refractivity contribution in [3.05, 3.63) is 41.5 Å². The van der Waals surface area contributed by atoms with Crippen molar-refractivity contribution < 1.29 is 23.7 Å². The first-order valence-corrected chi connectivity index (χ1v) is 6.81. The number of rotatable bonds is 3. The Balaban J connectivity index is 2.17. The molecule has 0 radical (unpaired) electrons. The second-order valence-electron chi connectivity index (χ2n) is 4.85. The maximum absolute atomic E-state index is 12.5. The van der Waals surface area contributed by atoms with Crippen molar-refractivity contribution in [3.63, 3.8) is 0 Å². The Morgan fingerprint density at radius 2 is 1.64 bits per heavy atom. The minimum absolute atomic E-state index is 0.0279. The second kappa shape index (κ2) is 5.60. The van der Waals surface area contributed by atoms with Gasteiger partial charge in [-0.05, 0) is 18.2 Å². The molecular weight excluding hydrogens is 284 g/mol. The highest BCUT2D eigenvalue weighted by Gasteiger charge is 2.25. The highest BCUT2D eigenvalue weighted by Crippen LogP contribution is 2.43. The topological polar surface area (TPSA) is 54.0 Å². The van der Waals surface area contributed by atoms with Gasteiger partial charge in [0.1, 0.15) is 5.75 Å². The monoisotopic (exact) mass is 300 g/mol. The van der Waals surface area contributed by atoms with Gasteiger partial charge in [0.15, 0.2) is 28.8 Å². The van der Waals surface area contributed by atoms with E-state index in [-0.39, 0.29) is 12.2 Å². The van der Waals surface area contributed by atoms with Crippen LogP contribution in [0.25, 0.3) is 0 Å². The van der Waals surface area contributed by atoms with Crippen LogP contribution in [0.2, 0.25) is 0 Å². The molecule has 0 atom stereocenters. The number of carbonyl (C=O) groups excluding carboxylic acids is 1. The third-order valence-electron chi connectivity index (χ3n) is 3.63. The number of para-hydroxylation sites is 1. The van der Waals surface area contributed by atoms with Gasteiger partial charge in [0.05, 0.1) is 26.9 Å². The van der Waals surface area contributed by atoms with Gasteiger partial charge >= 0.3 is 0 Å². The summed E-state index contributed by atoms with van der Waals surface area (Å²) in [5.74, 6) is 2.60. The molecule has 0 unspecified atom stereocenters. The zero-order chi connectivity index (χ0) is 15.7. The first-order chi connectivity index (χ1) is 10.7. The van der Waals surface area contributed by atoms with Crippen LogP contribution in [0.4, 0.5) is 0 Å². The van der Waals surface area contributed by atoms with E-state index in [1.807, 2.05) is 0 Å². The average molecular weight is 300 g/mol.